The summed E-state index contributed by atoms with van der Waals surface area (Å²) < 4.78 is 2.98. The third-order valence-corrected chi connectivity index (χ3v) is 3.66. The molecule has 0 saturated heterocycles. The monoisotopic (exact) mass is 300 g/mol. The van der Waals surface area contributed by atoms with Crippen LogP contribution in [0.4, 0.5) is 11.5 Å². The number of aromatic nitrogens is 2. The number of anilines is 2. The minimum Gasteiger partial charge on any atom is -0.336 e. The summed E-state index contributed by atoms with van der Waals surface area (Å²) in [7, 11) is 1.97. The standard InChI is InChI=1S/C11H11BrClN3/c1-7-10(12)11(15-16(7)2)14-9-5-3-8(13)4-6-9/h3-6H,1-2H3,(H,14,15)/p+1. The van der Waals surface area contributed by atoms with Gasteiger partial charge in [0.2, 0.25) is 5.69 Å². The van der Waals surface area contributed by atoms with E-state index in [1.165, 1.54) is 0 Å². The fourth-order valence-electron chi connectivity index (χ4n) is 1.39. The SMILES string of the molecule is Cc1c(Br)c(Nc2ccc(Cl)cc2)[nH][n+]1C. The molecule has 5 heteroatoms. The normalized spacial score (nSPS) is 10.5. The van der Waals surface area contributed by atoms with Crippen molar-refractivity contribution in [3.63, 3.8) is 0 Å². The van der Waals surface area contributed by atoms with Crippen molar-refractivity contribution in [2.75, 3.05) is 5.32 Å². The number of rotatable bonds is 2. The molecule has 1 aromatic heterocycles. The molecular weight excluding hydrogens is 289 g/mol. The largest absolute Gasteiger partial charge is 0.336 e. The van der Waals surface area contributed by atoms with Crippen LogP contribution in [-0.4, -0.2) is 5.10 Å². The van der Waals surface area contributed by atoms with Crippen LogP contribution in [-0.2, 0) is 7.05 Å². The van der Waals surface area contributed by atoms with Crippen LogP contribution in [0.25, 0.3) is 0 Å². The average Bonchev–Trinajstić information content (AvgIpc) is 2.50. The minimum absolute atomic E-state index is 0.734. The highest BCUT2D eigenvalue weighted by molar-refractivity contribution is 9.10. The first kappa shape index (κ1) is 11.5. The van der Waals surface area contributed by atoms with E-state index in [0.717, 1.165) is 26.7 Å². The summed E-state index contributed by atoms with van der Waals surface area (Å²) in [6.07, 6.45) is 0. The minimum atomic E-state index is 0.734. The van der Waals surface area contributed by atoms with Crippen molar-refractivity contribution in [1.82, 2.24) is 5.10 Å². The number of halogens is 2. The maximum atomic E-state index is 5.83. The Balaban J connectivity index is 2.27. The van der Waals surface area contributed by atoms with Gasteiger partial charge in [0.25, 0.3) is 0 Å². The zero-order chi connectivity index (χ0) is 11.7. The highest BCUT2D eigenvalue weighted by Crippen LogP contribution is 2.25. The highest BCUT2D eigenvalue weighted by atomic mass is 79.9. The lowest BCUT2D eigenvalue weighted by molar-refractivity contribution is -0.731. The van der Waals surface area contributed by atoms with Gasteiger partial charge >= 0.3 is 0 Å². The molecule has 3 nitrogen and oxygen atoms in total. The molecule has 84 valence electrons. The fourth-order valence-corrected chi connectivity index (χ4v) is 1.97. The number of nitrogens with one attached hydrogen (secondary N) is 2. The molecule has 0 aliphatic rings. The molecule has 1 heterocycles. The molecule has 0 aliphatic carbocycles. The maximum Gasteiger partial charge on any atom is 0.220 e. The summed E-state index contributed by atoms with van der Waals surface area (Å²) in [5.41, 5.74) is 2.13. The van der Waals surface area contributed by atoms with Gasteiger partial charge in [-0.3, -0.25) is 0 Å². The van der Waals surface area contributed by atoms with Gasteiger partial charge in [0.15, 0.2) is 12.9 Å². The van der Waals surface area contributed by atoms with Gasteiger partial charge in [0.05, 0.1) is 0 Å². The van der Waals surface area contributed by atoms with Gasteiger partial charge in [0.1, 0.15) is 4.47 Å². The van der Waals surface area contributed by atoms with Crippen LogP contribution in [0.5, 0.6) is 0 Å². The summed E-state index contributed by atoms with van der Waals surface area (Å²) >= 11 is 9.36. The lowest BCUT2D eigenvalue weighted by atomic mass is 10.3. The smallest absolute Gasteiger partial charge is 0.220 e. The summed E-state index contributed by atoms with van der Waals surface area (Å²) in [5, 5.41) is 7.21. The highest BCUT2D eigenvalue weighted by Gasteiger charge is 2.15. The second-order valence-corrected chi connectivity index (χ2v) is 4.81. The van der Waals surface area contributed by atoms with Gasteiger partial charge in [0, 0.05) is 17.6 Å². The maximum absolute atomic E-state index is 5.83. The summed E-state index contributed by atoms with van der Waals surface area (Å²) in [4.78, 5) is 0. The van der Waals surface area contributed by atoms with Crippen LogP contribution in [0.2, 0.25) is 5.02 Å². The van der Waals surface area contributed by atoms with Crippen LogP contribution in [0.15, 0.2) is 28.7 Å². The van der Waals surface area contributed by atoms with E-state index in [1.807, 2.05) is 42.9 Å². The topological polar surface area (TPSA) is 31.7 Å². The molecule has 0 unspecified atom stereocenters. The zero-order valence-electron chi connectivity index (χ0n) is 9.01. The molecule has 1 aromatic carbocycles. The van der Waals surface area contributed by atoms with Crippen LogP contribution >= 0.6 is 27.5 Å². The first-order valence-corrected chi connectivity index (χ1v) is 6.01. The molecule has 0 radical (unpaired) electrons. The molecule has 0 spiro atoms. The molecule has 0 amide bonds. The number of hydrogen-bond acceptors (Lipinski definition) is 1. The number of hydrogen-bond donors (Lipinski definition) is 2. The molecule has 0 bridgehead atoms. The fraction of sp³-hybridized carbons (Fsp3) is 0.182. The zero-order valence-corrected chi connectivity index (χ0v) is 11.4. The van der Waals surface area contributed by atoms with Gasteiger partial charge in [-0.1, -0.05) is 11.6 Å². The van der Waals surface area contributed by atoms with E-state index >= 15 is 0 Å². The van der Waals surface area contributed by atoms with E-state index in [-0.39, 0.29) is 0 Å². The van der Waals surface area contributed by atoms with Gasteiger partial charge in [-0.05, 0) is 40.2 Å². The van der Waals surface area contributed by atoms with Gasteiger partial charge < -0.3 is 5.32 Å². The molecule has 2 N–H and O–H groups in total. The number of aryl methyl sites for hydroxylation is 1. The molecule has 2 aromatic rings. The molecule has 2 rings (SSSR count). The summed E-state index contributed by atoms with van der Waals surface area (Å²) in [5.74, 6) is 0.933. The van der Waals surface area contributed by atoms with Crippen LogP contribution in [0.1, 0.15) is 5.69 Å². The van der Waals surface area contributed by atoms with Gasteiger partial charge in [-0.15, -0.1) is 9.78 Å². The quantitative estimate of drug-likeness (QED) is 0.820. The molecule has 0 saturated carbocycles. The predicted molar refractivity (Wildman–Crippen MR) is 69.1 cm³/mol. The van der Waals surface area contributed by atoms with E-state index in [4.69, 9.17) is 11.6 Å². The lowest BCUT2D eigenvalue weighted by Gasteiger charge is -2.02. The third kappa shape index (κ3) is 2.23. The van der Waals surface area contributed by atoms with Gasteiger partial charge in [-0.2, -0.15) is 0 Å². The Hall–Kier alpha value is -1.00. The van der Waals surface area contributed by atoms with Gasteiger partial charge in [-0.25, -0.2) is 0 Å². The first-order chi connectivity index (χ1) is 7.58. The second kappa shape index (κ2) is 4.47. The lowest BCUT2D eigenvalue weighted by Crippen LogP contribution is -2.32. The molecule has 0 fully saturated rings. The Morgan fingerprint density at radius 2 is 1.94 bits per heavy atom. The van der Waals surface area contributed by atoms with E-state index in [0.29, 0.717) is 0 Å². The Morgan fingerprint density at radius 1 is 1.31 bits per heavy atom. The number of benzene rings is 1. The third-order valence-electron chi connectivity index (χ3n) is 2.43. The molecule has 0 aliphatic heterocycles. The van der Waals surface area contributed by atoms with Crippen LogP contribution in [0, 0.1) is 6.92 Å². The summed E-state index contributed by atoms with van der Waals surface area (Å²) in [6.45, 7) is 2.04. The van der Waals surface area contributed by atoms with Crippen LogP contribution < -0.4 is 10.00 Å². The molecular formula is C11H12BrClN3+. The number of H-pyrrole nitrogens is 1. The Kier molecular flexibility index (Phi) is 3.21. The molecule has 16 heavy (non-hydrogen) atoms. The van der Waals surface area contributed by atoms with Crippen molar-refractivity contribution in [3.05, 3.63) is 39.5 Å². The predicted octanol–water partition coefficient (Wildman–Crippen LogP) is 3.31. The Labute approximate surface area is 108 Å². The van der Waals surface area contributed by atoms with Crippen molar-refractivity contribution in [2.45, 2.75) is 6.92 Å². The Bertz CT molecular complexity index is 505. The van der Waals surface area contributed by atoms with Crippen LogP contribution in [0.3, 0.4) is 0 Å². The van der Waals surface area contributed by atoms with E-state index in [1.54, 1.807) is 0 Å². The first-order valence-electron chi connectivity index (χ1n) is 4.84. The van der Waals surface area contributed by atoms with E-state index in [9.17, 15) is 0 Å². The average molecular weight is 302 g/mol. The number of aromatic amines is 1. The second-order valence-electron chi connectivity index (χ2n) is 3.58. The Morgan fingerprint density at radius 3 is 2.44 bits per heavy atom. The van der Waals surface area contributed by atoms with Crippen molar-refractivity contribution in [2.24, 2.45) is 7.05 Å². The molecule has 0 atom stereocenters. The van der Waals surface area contributed by atoms with E-state index in [2.05, 4.69) is 26.3 Å². The van der Waals surface area contributed by atoms with Crippen molar-refractivity contribution < 1.29 is 4.68 Å². The summed E-state index contributed by atoms with van der Waals surface area (Å²) in [6, 6.07) is 7.58. The van der Waals surface area contributed by atoms with Crippen molar-refractivity contribution in [3.8, 4) is 0 Å². The number of nitrogens with zero attached hydrogens (tertiary/aromatic N) is 1. The van der Waals surface area contributed by atoms with E-state index < -0.39 is 0 Å². The van der Waals surface area contributed by atoms with Crippen molar-refractivity contribution >= 4 is 39.0 Å². The van der Waals surface area contributed by atoms with Crippen molar-refractivity contribution in [1.29, 1.82) is 0 Å².